The second-order valence-electron chi connectivity index (χ2n) is 8.87. The molecule has 0 fully saturated rings. The van der Waals surface area contributed by atoms with Gasteiger partial charge in [-0.1, -0.05) is 30.3 Å². The first kappa shape index (κ1) is 30.4. The molecular weight excluding hydrogens is 479 g/mol. The van der Waals surface area contributed by atoms with Gasteiger partial charge in [-0.3, -0.25) is 4.55 Å². The van der Waals surface area contributed by atoms with Crippen LogP contribution in [0.4, 0.5) is 11.4 Å². The van der Waals surface area contributed by atoms with Crippen molar-refractivity contribution in [3.05, 3.63) is 88.5 Å². The van der Waals surface area contributed by atoms with Gasteiger partial charge in [-0.15, -0.1) is 0 Å². The van der Waals surface area contributed by atoms with Crippen molar-refractivity contribution in [2.75, 3.05) is 36.0 Å². The molecule has 0 heterocycles. The van der Waals surface area contributed by atoms with Crippen molar-refractivity contribution in [1.82, 2.24) is 0 Å². The predicted octanol–water partition coefficient (Wildman–Crippen LogP) is 5.77. The Bertz CT molecular complexity index is 1210. The van der Waals surface area contributed by atoms with Crippen LogP contribution in [0.5, 0.6) is 0 Å². The summed E-state index contributed by atoms with van der Waals surface area (Å²) in [6.45, 7) is 16.4. The molecule has 0 aliphatic carbocycles. The fourth-order valence-electron chi connectivity index (χ4n) is 4.99. The maximum absolute atomic E-state index is 12.4. The van der Waals surface area contributed by atoms with E-state index >= 15 is 0 Å². The molecule has 0 aliphatic heterocycles. The van der Waals surface area contributed by atoms with Crippen molar-refractivity contribution in [2.45, 2.75) is 52.4 Å². The third-order valence-corrected chi connectivity index (χ3v) is 7.82. The van der Waals surface area contributed by atoms with Crippen LogP contribution in [0.15, 0.2) is 65.6 Å². The standard InChI is InChI=1S/C29H38N2O3S.Na.H/c1-7-30(8-2)23-15-17-25(21(5)19-23)29(27-13-11-12-14-28(27)35(32,33)34)26-18-16-24(20-22(26)6)31(9-3)10-4;;/h11-20,29H,7-10H2,1-6H3,(H,32,33,34);;. The van der Waals surface area contributed by atoms with Gasteiger partial charge in [0.05, 0.1) is 4.90 Å². The summed E-state index contributed by atoms with van der Waals surface area (Å²) >= 11 is 0. The van der Waals surface area contributed by atoms with Gasteiger partial charge in [0.25, 0.3) is 10.1 Å². The molecule has 0 saturated heterocycles. The van der Waals surface area contributed by atoms with Crippen LogP contribution >= 0.6 is 0 Å². The molecule has 0 aliphatic rings. The SMILES string of the molecule is CCN(CC)c1ccc(C(c2ccc(N(CC)CC)cc2C)c2ccccc2S(=O)(=O)O)c(C)c1.[NaH]. The van der Waals surface area contributed by atoms with Crippen LogP contribution < -0.4 is 9.80 Å². The third-order valence-electron chi connectivity index (χ3n) is 6.89. The molecule has 3 aromatic carbocycles. The zero-order chi connectivity index (χ0) is 25.8. The molecule has 0 amide bonds. The van der Waals surface area contributed by atoms with Crippen LogP contribution in [0.2, 0.25) is 0 Å². The summed E-state index contributed by atoms with van der Waals surface area (Å²) in [6.07, 6.45) is 0. The summed E-state index contributed by atoms with van der Waals surface area (Å²) in [5.74, 6) is -0.343. The molecule has 190 valence electrons. The molecule has 5 nitrogen and oxygen atoms in total. The Morgan fingerprint density at radius 1 is 0.694 bits per heavy atom. The quantitative estimate of drug-likeness (QED) is 0.210. The average Bonchev–Trinajstić information content (AvgIpc) is 2.83. The Labute approximate surface area is 239 Å². The molecule has 0 atom stereocenters. The van der Waals surface area contributed by atoms with Crippen LogP contribution in [0.25, 0.3) is 0 Å². The predicted molar refractivity (Wildman–Crippen MR) is 154 cm³/mol. The van der Waals surface area contributed by atoms with E-state index in [0.29, 0.717) is 5.56 Å². The van der Waals surface area contributed by atoms with Gasteiger partial charge < -0.3 is 9.80 Å². The number of anilines is 2. The van der Waals surface area contributed by atoms with Crippen LogP contribution in [0.3, 0.4) is 0 Å². The van der Waals surface area contributed by atoms with Gasteiger partial charge in [0.1, 0.15) is 0 Å². The van der Waals surface area contributed by atoms with Crippen LogP contribution in [0, 0.1) is 13.8 Å². The molecule has 0 saturated carbocycles. The minimum atomic E-state index is -4.40. The molecule has 1 N–H and O–H groups in total. The van der Waals surface area contributed by atoms with Gasteiger partial charge in [-0.05, 0) is 99.7 Å². The summed E-state index contributed by atoms with van der Waals surface area (Å²) in [7, 11) is -4.40. The third kappa shape index (κ3) is 6.53. The van der Waals surface area contributed by atoms with Crippen LogP contribution in [-0.4, -0.2) is 68.7 Å². The zero-order valence-electron chi connectivity index (χ0n) is 21.7. The summed E-state index contributed by atoms with van der Waals surface area (Å²) in [5, 5.41) is 0. The summed E-state index contributed by atoms with van der Waals surface area (Å²) in [4.78, 5) is 4.54. The number of nitrogens with zero attached hydrogens (tertiary/aromatic N) is 2. The Morgan fingerprint density at radius 2 is 1.11 bits per heavy atom. The summed E-state index contributed by atoms with van der Waals surface area (Å²) in [5.41, 5.74) is 7.07. The van der Waals surface area contributed by atoms with E-state index in [9.17, 15) is 13.0 Å². The molecule has 3 rings (SSSR count). The van der Waals surface area contributed by atoms with Crippen molar-refractivity contribution >= 4 is 51.1 Å². The van der Waals surface area contributed by atoms with E-state index in [1.807, 2.05) is 12.1 Å². The van der Waals surface area contributed by atoms with Gasteiger partial charge in [-0.2, -0.15) is 8.42 Å². The molecular formula is C29H39N2NaO3S. The molecule has 0 spiro atoms. The van der Waals surface area contributed by atoms with Gasteiger partial charge in [-0.25, -0.2) is 0 Å². The number of hydrogen-bond acceptors (Lipinski definition) is 4. The van der Waals surface area contributed by atoms with E-state index in [0.717, 1.165) is 59.8 Å². The van der Waals surface area contributed by atoms with Crippen molar-refractivity contribution < 1.29 is 13.0 Å². The Morgan fingerprint density at radius 3 is 1.47 bits per heavy atom. The van der Waals surface area contributed by atoms with E-state index in [2.05, 4.69) is 87.7 Å². The monoisotopic (exact) mass is 518 g/mol. The van der Waals surface area contributed by atoms with E-state index < -0.39 is 10.1 Å². The molecule has 0 radical (unpaired) electrons. The fraction of sp³-hybridized carbons (Fsp3) is 0.379. The van der Waals surface area contributed by atoms with Crippen LogP contribution in [0.1, 0.15) is 61.4 Å². The van der Waals surface area contributed by atoms with E-state index in [1.165, 1.54) is 6.07 Å². The Balaban J connectivity index is 0.00000456. The molecule has 36 heavy (non-hydrogen) atoms. The Hall–Kier alpha value is -1.83. The number of benzene rings is 3. The molecule has 0 aromatic heterocycles. The fourth-order valence-corrected chi connectivity index (χ4v) is 5.73. The second kappa shape index (κ2) is 13.1. The van der Waals surface area contributed by atoms with E-state index in [-0.39, 0.29) is 40.4 Å². The molecule has 3 aromatic rings. The normalized spacial score (nSPS) is 11.3. The van der Waals surface area contributed by atoms with Crippen molar-refractivity contribution in [1.29, 1.82) is 0 Å². The van der Waals surface area contributed by atoms with E-state index in [4.69, 9.17) is 0 Å². The van der Waals surface area contributed by atoms with Gasteiger partial charge >= 0.3 is 29.6 Å². The molecule has 0 unspecified atom stereocenters. The first-order valence-electron chi connectivity index (χ1n) is 12.4. The summed E-state index contributed by atoms with van der Waals surface area (Å²) in [6, 6.07) is 19.5. The average molecular weight is 519 g/mol. The number of rotatable bonds is 10. The topological polar surface area (TPSA) is 60.9 Å². The van der Waals surface area contributed by atoms with Crippen molar-refractivity contribution in [3.8, 4) is 0 Å². The van der Waals surface area contributed by atoms with Gasteiger partial charge in [0.15, 0.2) is 0 Å². The Kier molecular flexibility index (Phi) is 11.1. The number of aryl methyl sites for hydroxylation is 2. The first-order valence-corrected chi connectivity index (χ1v) is 13.9. The number of hydrogen-bond donors (Lipinski definition) is 1. The first-order chi connectivity index (χ1) is 16.7. The van der Waals surface area contributed by atoms with Gasteiger partial charge in [0.2, 0.25) is 0 Å². The molecule has 7 heteroatoms. The molecule has 0 bridgehead atoms. The van der Waals surface area contributed by atoms with Crippen molar-refractivity contribution in [2.24, 2.45) is 0 Å². The zero-order valence-corrected chi connectivity index (χ0v) is 22.6. The van der Waals surface area contributed by atoms with E-state index in [1.54, 1.807) is 6.07 Å². The summed E-state index contributed by atoms with van der Waals surface area (Å²) < 4.78 is 34.8. The van der Waals surface area contributed by atoms with Crippen molar-refractivity contribution in [3.63, 3.8) is 0 Å². The second-order valence-corrected chi connectivity index (χ2v) is 10.3. The minimum absolute atomic E-state index is 0. The van der Waals surface area contributed by atoms with Gasteiger partial charge in [0, 0.05) is 43.5 Å². The van der Waals surface area contributed by atoms with Crippen LogP contribution in [-0.2, 0) is 10.1 Å². The maximum atomic E-state index is 12.4.